The van der Waals surface area contributed by atoms with Gasteiger partial charge in [0.2, 0.25) is 0 Å². The van der Waals surface area contributed by atoms with Crippen LogP contribution in [0, 0.1) is 11.8 Å². The Hall–Kier alpha value is -1.98. The van der Waals surface area contributed by atoms with Crippen molar-refractivity contribution in [1.82, 2.24) is 0 Å². The fraction of sp³-hybridized carbons (Fsp3) is 0.545. The van der Waals surface area contributed by atoms with Crippen LogP contribution in [-0.4, -0.2) is 39.3 Å². The normalized spacial score (nSPS) is 24.9. The van der Waals surface area contributed by atoms with Crippen LogP contribution in [0.5, 0.6) is 0 Å². The summed E-state index contributed by atoms with van der Waals surface area (Å²) < 4.78 is 0. The molecule has 0 spiro atoms. The molecule has 0 aromatic carbocycles. The molecular formula is C22H32O5. The number of aliphatic hydroxyl groups excluding tert-OH is 2. The monoisotopic (exact) mass is 376 g/mol. The summed E-state index contributed by atoms with van der Waals surface area (Å²) in [6, 6.07) is 0. The van der Waals surface area contributed by atoms with Gasteiger partial charge < -0.3 is 15.3 Å². The lowest BCUT2D eigenvalue weighted by atomic mass is 9.90. The number of carbonyl (C=O) groups is 2. The number of rotatable bonds is 12. The average molecular weight is 376 g/mol. The molecule has 0 heterocycles. The van der Waals surface area contributed by atoms with Gasteiger partial charge in [-0.15, -0.1) is 0 Å². The van der Waals surface area contributed by atoms with Crippen molar-refractivity contribution in [3.05, 3.63) is 48.6 Å². The van der Waals surface area contributed by atoms with Crippen molar-refractivity contribution < 1.29 is 24.9 Å². The van der Waals surface area contributed by atoms with E-state index in [0.717, 1.165) is 12.8 Å². The van der Waals surface area contributed by atoms with Crippen LogP contribution in [-0.2, 0) is 9.59 Å². The van der Waals surface area contributed by atoms with Gasteiger partial charge in [-0.3, -0.25) is 9.59 Å². The van der Waals surface area contributed by atoms with Crippen molar-refractivity contribution >= 4 is 11.8 Å². The van der Waals surface area contributed by atoms with E-state index >= 15 is 0 Å². The lowest BCUT2D eigenvalue weighted by Crippen LogP contribution is -2.19. The van der Waals surface area contributed by atoms with E-state index in [1.54, 1.807) is 12.2 Å². The molecule has 1 fully saturated rings. The number of allylic oxidation sites excluding steroid dienone is 7. The van der Waals surface area contributed by atoms with E-state index in [2.05, 4.69) is 0 Å². The SMILES string of the molecule is CC[C@H](O)/C=C/[C@H]1C(=O)C[C@@H](O)[C@@H]1C/C=C\C/C=C\C/C=C\CCC(=O)O. The number of carboxylic acids is 1. The van der Waals surface area contributed by atoms with Crippen LogP contribution in [0.15, 0.2) is 48.6 Å². The highest BCUT2D eigenvalue weighted by atomic mass is 16.4. The Morgan fingerprint density at radius 3 is 2.41 bits per heavy atom. The Morgan fingerprint density at radius 2 is 1.78 bits per heavy atom. The molecule has 1 aliphatic rings. The maximum Gasteiger partial charge on any atom is 0.303 e. The summed E-state index contributed by atoms with van der Waals surface area (Å²) in [7, 11) is 0. The van der Waals surface area contributed by atoms with Crippen LogP contribution >= 0.6 is 0 Å². The van der Waals surface area contributed by atoms with E-state index < -0.39 is 18.2 Å². The van der Waals surface area contributed by atoms with Gasteiger partial charge in [-0.05, 0) is 32.1 Å². The molecule has 27 heavy (non-hydrogen) atoms. The molecule has 0 unspecified atom stereocenters. The van der Waals surface area contributed by atoms with Crippen LogP contribution in [0.25, 0.3) is 0 Å². The zero-order chi connectivity index (χ0) is 20.1. The molecule has 0 aromatic rings. The summed E-state index contributed by atoms with van der Waals surface area (Å²) >= 11 is 0. The van der Waals surface area contributed by atoms with Crippen LogP contribution < -0.4 is 0 Å². The molecule has 5 nitrogen and oxygen atoms in total. The highest BCUT2D eigenvalue weighted by molar-refractivity contribution is 5.86. The van der Waals surface area contributed by atoms with Crippen molar-refractivity contribution in [2.24, 2.45) is 11.8 Å². The summed E-state index contributed by atoms with van der Waals surface area (Å²) in [5.41, 5.74) is 0. The topological polar surface area (TPSA) is 94.8 Å². The van der Waals surface area contributed by atoms with Gasteiger partial charge >= 0.3 is 5.97 Å². The fourth-order valence-corrected chi connectivity index (χ4v) is 3.03. The second-order valence-electron chi connectivity index (χ2n) is 6.84. The zero-order valence-corrected chi connectivity index (χ0v) is 16.0. The Balaban J connectivity index is 2.35. The highest BCUT2D eigenvalue weighted by Crippen LogP contribution is 2.33. The number of hydrogen-bond donors (Lipinski definition) is 3. The van der Waals surface area contributed by atoms with Gasteiger partial charge in [0.1, 0.15) is 5.78 Å². The van der Waals surface area contributed by atoms with Crippen LogP contribution in [0.1, 0.15) is 51.9 Å². The van der Waals surface area contributed by atoms with Crippen LogP contribution in [0.4, 0.5) is 0 Å². The number of hydrogen-bond acceptors (Lipinski definition) is 4. The van der Waals surface area contributed by atoms with E-state index in [-0.39, 0.29) is 30.5 Å². The number of Topliss-reactive ketones (excluding diaryl/α,β-unsaturated/α-hetero) is 1. The van der Waals surface area contributed by atoms with Crippen molar-refractivity contribution in [3.63, 3.8) is 0 Å². The number of aliphatic carboxylic acids is 1. The van der Waals surface area contributed by atoms with Gasteiger partial charge in [0.25, 0.3) is 0 Å². The molecule has 3 N–H and O–H groups in total. The molecule has 150 valence electrons. The lowest BCUT2D eigenvalue weighted by molar-refractivity contribution is -0.136. The molecule has 0 aromatic heterocycles. The number of aliphatic hydroxyl groups is 2. The Labute approximate surface area is 161 Å². The molecular weight excluding hydrogens is 344 g/mol. The van der Waals surface area contributed by atoms with E-state index in [9.17, 15) is 19.8 Å². The van der Waals surface area contributed by atoms with E-state index in [1.165, 1.54) is 0 Å². The molecule has 1 aliphatic carbocycles. The summed E-state index contributed by atoms with van der Waals surface area (Å²) in [4.78, 5) is 22.4. The minimum Gasteiger partial charge on any atom is -0.481 e. The van der Waals surface area contributed by atoms with Crippen molar-refractivity contribution in [2.75, 3.05) is 0 Å². The maximum absolute atomic E-state index is 12.0. The zero-order valence-electron chi connectivity index (χ0n) is 16.0. The molecule has 1 saturated carbocycles. The van der Waals surface area contributed by atoms with Crippen molar-refractivity contribution in [1.29, 1.82) is 0 Å². The lowest BCUT2D eigenvalue weighted by Gasteiger charge is -2.16. The van der Waals surface area contributed by atoms with Gasteiger partial charge in [-0.2, -0.15) is 0 Å². The smallest absolute Gasteiger partial charge is 0.303 e. The fourth-order valence-electron chi connectivity index (χ4n) is 3.03. The largest absolute Gasteiger partial charge is 0.481 e. The van der Waals surface area contributed by atoms with Gasteiger partial charge in [0, 0.05) is 24.7 Å². The summed E-state index contributed by atoms with van der Waals surface area (Å²) in [5, 5.41) is 28.3. The van der Waals surface area contributed by atoms with E-state index in [4.69, 9.17) is 5.11 Å². The molecule has 0 aliphatic heterocycles. The number of carboxylic acid groups (broad SMARTS) is 1. The molecule has 0 saturated heterocycles. The second kappa shape index (κ2) is 13.2. The molecule has 0 amide bonds. The molecule has 4 atom stereocenters. The first kappa shape index (κ1) is 23.1. The molecule has 1 rings (SSSR count). The minimum absolute atomic E-state index is 0.0371. The van der Waals surface area contributed by atoms with Crippen molar-refractivity contribution in [2.45, 2.75) is 64.1 Å². The second-order valence-corrected chi connectivity index (χ2v) is 6.84. The third-order valence-corrected chi connectivity index (χ3v) is 4.67. The minimum atomic E-state index is -0.784. The summed E-state index contributed by atoms with van der Waals surface area (Å²) in [6.45, 7) is 1.87. The van der Waals surface area contributed by atoms with Gasteiger partial charge in [-0.1, -0.05) is 55.5 Å². The third-order valence-electron chi connectivity index (χ3n) is 4.67. The Morgan fingerprint density at radius 1 is 1.15 bits per heavy atom. The summed E-state index contributed by atoms with van der Waals surface area (Å²) in [5.74, 6) is -1.20. The standard InChI is InChI=1S/C22H32O5/c1-2-17(23)14-15-19-18(20(24)16-21(19)25)12-10-8-6-4-3-5-7-9-11-13-22(26)27/h3-4,7-10,14-15,17-20,23-24H,2,5-6,11-13,16H2,1H3,(H,26,27)/b4-3-,9-7-,10-8-,15-14+/t17-,18+,19+,20+/m0/s1. The first-order valence-electron chi connectivity index (χ1n) is 9.69. The van der Waals surface area contributed by atoms with Crippen LogP contribution in [0.3, 0.4) is 0 Å². The molecule has 0 radical (unpaired) electrons. The predicted molar refractivity (Wildman–Crippen MR) is 106 cm³/mol. The third kappa shape index (κ3) is 9.50. The molecule has 5 heteroatoms. The first-order valence-corrected chi connectivity index (χ1v) is 9.69. The van der Waals surface area contributed by atoms with Gasteiger partial charge in [0.15, 0.2) is 0 Å². The first-order chi connectivity index (χ1) is 13.0. The quantitative estimate of drug-likeness (QED) is 0.453. The predicted octanol–water partition coefficient (Wildman–Crippen LogP) is 3.58. The average Bonchev–Trinajstić information content (AvgIpc) is 2.90. The van der Waals surface area contributed by atoms with E-state index in [1.807, 2.05) is 43.4 Å². The maximum atomic E-state index is 12.0. The van der Waals surface area contributed by atoms with E-state index in [0.29, 0.717) is 19.3 Å². The highest BCUT2D eigenvalue weighted by Gasteiger charge is 2.39. The summed E-state index contributed by atoms with van der Waals surface area (Å²) in [6.07, 6.45) is 17.8. The number of ketones is 1. The molecule has 0 bridgehead atoms. The van der Waals surface area contributed by atoms with Crippen LogP contribution in [0.2, 0.25) is 0 Å². The van der Waals surface area contributed by atoms with Gasteiger partial charge in [-0.25, -0.2) is 0 Å². The number of carbonyl (C=O) groups excluding carboxylic acids is 1. The Bertz CT molecular complexity index is 573. The Kier molecular flexibility index (Phi) is 11.3. The van der Waals surface area contributed by atoms with Crippen molar-refractivity contribution in [3.8, 4) is 0 Å². The van der Waals surface area contributed by atoms with Gasteiger partial charge in [0.05, 0.1) is 12.2 Å².